The molecule has 0 fully saturated rings. The molecule has 2 heteroatoms. The highest BCUT2D eigenvalue weighted by molar-refractivity contribution is 4.97. The predicted octanol–water partition coefficient (Wildman–Crippen LogP) is 19.0. The molecule has 0 aromatic carbocycles. The molecule has 0 bridgehead atoms. The number of hydrogen-bond donors (Lipinski definition) is 0. The van der Waals surface area contributed by atoms with Crippen LogP contribution in [-0.4, -0.2) is 29.1 Å². The Morgan fingerprint density at radius 1 is 0.236 bits per heavy atom. The fourth-order valence-corrected chi connectivity index (χ4v) is 9.19. The topological polar surface area (TPSA) is 6.48 Å². The van der Waals surface area contributed by atoms with Crippen molar-refractivity contribution in [2.75, 3.05) is 13.1 Å². The second-order valence-electron chi connectivity index (χ2n) is 18.5. The van der Waals surface area contributed by atoms with Crippen molar-refractivity contribution in [1.82, 2.24) is 9.80 Å². The van der Waals surface area contributed by atoms with Crippen LogP contribution in [0.5, 0.6) is 0 Å². The minimum absolute atomic E-state index is 0.635. The molecule has 0 unspecified atom stereocenters. The second-order valence-corrected chi connectivity index (χ2v) is 18.5. The Kier molecular flexibility index (Phi) is 42.3. The molecule has 1 heterocycles. The number of nitrogens with zero attached hydrogens (tertiary/aromatic N) is 2. The summed E-state index contributed by atoms with van der Waals surface area (Å²) in [7, 11) is 0. The first kappa shape index (κ1) is 52.4. The van der Waals surface area contributed by atoms with E-state index < -0.39 is 0 Å². The molecule has 1 aliphatic rings. The van der Waals surface area contributed by atoms with Crippen molar-refractivity contribution in [2.24, 2.45) is 0 Å². The van der Waals surface area contributed by atoms with Gasteiger partial charge in [-0.25, -0.2) is 0 Å². The standard InChI is InChI=1S/C53H106N2/c1-4-7-10-13-16-19-22-24-26-28-30-32-34-37-40-43-46-49-54-51-52-55(53(54)48-45-42-39-36-21-18-15-12-9-6-3)50-47-44-41-38-35-33-31-29-27-25-23-20-17-14-11-8-5-2/h51-53H,4-50H2,1-3H3. The zero-order valence-corrected chi connectivity index (χ0v) is 38.9. The average molecular weight is 771 g/mol. The molecule has 328 valence electrons. The molecule has 0 spiro atoms. The number of rotatable bonds is 47. The predicted molar refractivity (Wildman–Crippen MR) is 251 cm³/mol. The fraction of sp³-hybridized carbons (Fsp3) is 0.962. The maximum absolute atomic E-state index is 2.74. The summed E-state index contributed by atoms with van der Waals surface area (Å²) in [5.74, 6) is 0. The summed E-state index contributed by atoms with van der Waals surface area (Å²) < 4.78 is 0. The minimum atomic E-state index is 0.635. The van der Waals surface area contributed by atoms with Gasteiger partial charge in [0.15, 0.2) is 0 Å². The summed E-state index contributed by atoms with van der Waals surface area (Å²) in [6, 6.07) is 0. The van der Waals surface area contributed by atoms with E-state index >= 15 is 0 Å². The lowest BCUT2D eigenvalue weighted by molar-refractivity contribution is 0.135. The van der Waals surface area contributed by atoms with Crippen molar-refractivity contribution in [3.63, 3.8) is 0 Å². The highest BCUT2D eigenvalue weighted by Gasteiger charge is 2.25. The first-order chi connectivity index (χ1) is 27.3. The molecule has 0 saturated heterocycles. The van der Waals surface area contributed by atoms with E-state index in [0.717, 1.165) is 0 Å². The van der Waals surface area contributed by atoms with E-state index in [2.05, 4.69) is 43.0 Å². The molecule has 0 radical (unpaired) electrons. The van der Waals surface area contributed by atoms with E-state index in [1.54, 1.807) is 0 Å². The molecular formula is C53H106N2. The molecule has 0 saturated carbocycles. The summed E-state index contributed by atoms with van der Waals surface area (Å²) in [6.07, 6.45) is 70.8. The zero-order valence-electron chi connectivity index (χ0n) is 38.9. The van der Waals surface area contributed by atoms with Crippen molar-refractivity contribution in [2.45, 2.75) is 316 Å². The van der Waals surface area contributed by atoms with E-state index in [4.69, 9.17) is 0 Å². The summed E-state index contributed by atoms with van der Waals surface area (Å²) in [5, 5.41) is 0. The number of hydrogen-bond acceptors (Lipinski definition) is 2. The molecule has 0 aliphatic carbocycles. The van der Waals surface area contributed by atoms with Crippen LogP contribution >= 0.6 is 0 Å². The molecule has 1 rings (SSSR count). The fourth-order valence-electron chi connectivity index (χ4n) is 9.19. The van der Waals surface area contributed by atoms with Gasteiger partial charge in [0.25, 0.3) is 0 Å². The van der Waals surface area contributed by atoms with Crippen LogP contribution in [0.25, 0.3) is 0 Å². The maximum Gasteiger partial charge on any atom is 0.101 e. The van der Waals surface area contributed by atoms with Gasteiger partial charge in [0, 0.05) is 25.5 Å². The van der Waals surface area contributed by atoms with Crippen molar-refractivity contribution in [3.05, 3.63) is 12.4 Å². The van der Waals surface area contributed by atoms with Crippen LogP contribution in [0.15, 0.2) is 12.4 Å². The van der Waals surface area contributed by atoms with Crippen molar-refractivity contribution < 1.29 is 0 Å². The van der Waals surface area contributed by atoms with E-state index in [1.165, 1.54) is 302 Å². The summed E-state index contributed by atoms with van der Waals surface area (Å²) >= 11 is 0. The Bertz CT molecular complexity index is 684. The van der Waals surface area contributed by atoms with Gasteiger partial charge in [0.05, 0.1) is 0 Å². The lowest BCUT2D eigenvalue weighted by Gasteiger charge is -2.33. The van der Waals surface area contributed by atoms with Crippen LogP contribution in [0.2, 0.25) is 0 Å². The molecule has 55 heavy (non-hydrogen) atoms. The number of unbranched alkanes of at least 4 members (excludes halogenated alkanes) is 41. The SMILES string of the molecule is CCCCCCCCCCCCCCCCCCCN1C=CN(CCCCCCCCCCCCCCCCCCC)C1CCCCCCCCCCCC. The summed E-state index contributed by atoms with van der Waals surface area (Å²) in [4.78, 5) is 5.49. The Balaban J connectivity index is 2.15. The van der Waals surface area contributed by atoms with Gasteiger partial charge in [-0.15, -0.1) is 0 Å². The van der Waals surface area contributed by atoms with Crippen LogP contribution < -0.4 is 0 Å². The third kappa shape index (κ3) is 36.2. The maximum atomic E-state index is 2.74. The highest BCUT2D eigenvalue weighted by atomic mass is 15.4. The van der Waals surface area contributed by atoms with Gasteiger partial charge >= 0.3 is 0 Å². The minimum Gasteiger partial charge on any atom is -0.356 e. The van der Waals surface area contributed by atoms with Crippen LogP contribution in [0.3, 0.4) is 0 Å². The molecule has 0 N–H and O–H groups in total. The molecule has 0 aromatic rings. The van der Waals surface area contributed by atoms with Gasteiger partial charge in [-0.05, 0) is 25.7 Å². The summed E-state index contributed by atoms with van der Waals surface area (Å²) in [6.45, 7) is 9.50. The van der Waals surface area contributed by atoms with Gasteiger partial charge in [-0.1, -0.05) is 284 Å². The highest BCUT2D eigenvalue weighted by Crippen LogP contribution is 2.24. The normalized spacial score (nSPS) is 13.3. The van der Waals surface area contributed by atoms with Gasteiger partial charge in [0.1, 0.15) is 6.17 Å². The van der Waals surface area contributed by atoms with E-state index in [1.807, 2.05) is 0 Å². The smallest absolute Gasteiger partial charge is 0.101 e. The molecule has 0 atom stereocenters. The van der Waals surface area contributed by atoms with Crippen molar-refractivity contribution >= 4 is 0 Å². The Morgan fingerprint density at radius 2 is 0.418 bits per heavy atom. The molecule has 1 aliphatic heterocycles. The molecule has 2 nitrogen and oxygen atoms in total. The zero-order chi connectivity index (χ0) is 39.4. The van der Waals surface area contributed by atoms with E-state index in [0.29, 0.717) is 6.17 Å². The quantitative estimate of drug-likeness (QED) is 0.0569. The van der Waals surface area contributed by atoms with Gasteiger partial charge < -0.3 is 9.80 Å². The second kappa shape index (κ2) is 44.4. The average Bonchev–Trinajstić information content (AvgIpc) is 3.58. The van der Waals surface area contributed by atoms with Crippen LogP contribution in [-0.2, 0) is 0 Å². The Hall–Kier alpha value is -0.660. The van der Waals surface area contributed by atoms with E-state index in [9.17, 15) is 0 Å². The van der Waals surface area contributed by atoms with Crippen LogP contribution in [0.1, 0.15) is 310 Å². The van der Waals surface area contributed by atoms with Gasteiger partial charge in [-0.2, -0.15) is 0 Å². The third-order valence-corrected chi connectivity index (χ3v) is 13.1. The Morgan fingerprint density at radius 3 is 0.636 bits per heavy atom. The van der Waals surface area contributed by atoms with Crippen molar-refractivity contribution in [1.29, 1.82) is 0 Å². The lowest BCUT2D eigenvalue weighted by Crippen LogP contribution is -2.39. The first-order valence-corrected chi connectivity index (χ1v) is 26.5. The lowest BCUT2D eigenvalue weighted by atomic mass is 10.0. The summed E-state index contributed by atoms with van der Waals surface area (Å²) in [5.41, 5.74) is 0. The van der Waals surface area contributed by atoms with Crippen molar-refractivity contribution in [3.8, 4) is 0 Å². The molecule has 0 aromatic heterocycles. The van der Waals surface area contributed by atoms with Crippen LogP contribution in [0.4, 0.5) is 0 Å². The van der Waals surface area contributed by atoms with E-state index in [-0.39, 0.29) is 0 Å². The molecule has 0 amide bonds. The van der Waals surface area contributed by atoms with Gasteiger partial charge in [-0.3, -0.25) is 0 Å². The largest absolute Gasteiger partial charge is 0.356 e. The molecular weight excluding hydrogens is 665 g/mol. The van der Waals surface area contributed by atoms with Crippen LogP contribution in [0, 0.1) is 0 Å². The van der Waals surface area contributed by atoms with Gasteiger partial charge in [0.2, 0.25) is 0 Å². The monoisotopic (exact) mass is 771 g/mol. The third-order valence-electron chi connectivity index (χ3n) is 13.1. The first-order valence-electron chi connectivity index (χ1n) is 26.5. The Labute approximate surface area is 350 Å².